The van der Waals surface area contributed by atoms with E-state index in [-0.39, 0.29) is 11.9 Å². The molecule has 1 heterocycles. The third kappa shape index (κ3) is 4.42. The molecule has 1 amide bonds. The number of hydrogen-bond donors (Lipinski definition) is 2. The first-order valence-electron chi connectivity index (χ1n) is 7.57. The van der Waals surface area contributed by atoms with Crippen LogP contribution in [0, 0.1) is 13.8 Å². The van der Waals surface area contributed by atoms with Crippen LogP contribution >= 0.6 is 11.6 Å². The Balaban J connectivity index is 2.13. The number of halogens is 1. The molecule has 0 saturated heterocycles. The van der Waals surface area contributed by atoms with E-state index in [0.717, 1.165) is 23.2 Å². The smallest absolute Gasteiger partial charge is 0.271 e. The number of aromatic nitrogens is 2. The van der Waals surface area contributed by atoms with Crippen LogP contribution in [-0.4, -0.2) is 21.9 Å². The summed E-state index contributed by atoms with van der Waals surface area (Å²) in [6.07, 6.45) is 3.85. The van der Waals surface area contributed by atoms with Crippen LogP contribution in [0.2, 0.25) is 5.02 Å². The highest BCUT2D eigenvalue weighted by Crippen LogP contribution is 2.29. The monoisotopic (exact) mass is 332 g/mol. The molecule has 0 aliphatic rings. The van der Waals surface area contributed by atoms with E-state index in [1.165, 1.54) is 12.4 Å². The number of rotatable bonds is 5. The Bertz CT molecular complexity index is 677. The van der Waals surface area contributed by atoms with E-state index < -0.39 is 0 Å². The fourth-order valence-electron chi connectivity index (χ4n) is 2.11. The molecule has 0 spiro atoms. The molecule has 0 aliphatic heterocycles. The molecular formula is C17H21ClN4O. The van der Waals surface area contributed by atoms with Crippen LogP contribution in [0.1, 0.15) is 41.9 Å². The molecule has 0 fully saturated rings. The van der Waals surface area contributed by atoms with E-state index in [4.69, 9.17) is 11.6 Å². The summed E-state index contributed by atoms with van der Waals surface area (Å²) in [5, 5.41) is 6.63. The molecule has 0 radical (unpaired) electrons. The van der Waals surface area contributed by atoms with Crippen molar-refractivity contribution in [2.45, 2.75) is 40.2 Å². The number of hydrogen-bond acceptors (Lipinski definition) is 4. The molecule has 1 unspecified atom stereocenters. The number of anilines is 2. The fraction of sp³-hybridized carbons (Fsp3) is 0.353. The first kappa shape index (κ1) is 17.2. The lowest BCUT2D eigenvalue weighted by atomic mass is 10.1. The third-order valence-corrected chi connectivity index (χ3v) is 3.86. The number of amides is 1. The SMILES string of the molecule is CCC(C)NC(=O)c1cnc(Nc2c(C)cc(C)cc2Cl)cn1. The summed E-state index contributed by atoms with van der Waals surface area (Å²) in [6.45, 7) is 7.93. The van der Waals surface area contributed by atoms with Crippen molar-refractivity contribution in [2.24, 2.45) is 0 Å². The largest absolute Gasteiger partial charge is 0.348 e. The number of nitrogens with zero attached hydrogens (tertiary/aromatic N) is 2. The summed E-state index contributed by atoms with van der Waals surface area (Å²) in [6, 6.07) is 4.03. The molecule has 5 nitrogen and oxygen atoms in total. The Morgan fingerprint density at radius 1 is 1.26 bits per heavy atom. The van der Waals surface area contributed by atoms with Crippen molar-refractivity contribution in [3.8, 4) is 0 Å². The van der Waals surface area contributed by atoms with Gasteiger partial charge in [-0.2, -0.15) is 0 Å². The molecule has 2 aromatic rings. The average molecular weight is 333 g/mol. The first-order valence-corrected chi connectivity index (χ1v) is 7.95. The highest BCUT2D eigenvalue weighted by Gasteiger charge is 2.11. The Kier molecular flexibility index (Phi) is 5.55. The van der Waals surface area contributed by atoms with Gasteiger partial charge >= 0.3 is 0 Å². The quantitative estimate of drug-likeness (QED) is 0.867. The van der Waals surface area contributed by atoms with Crippen molar-refractivity contribution in [1.82, 2.24) is 15.3 Å². The maximum absolute atomic E-state index is 12.0. The summed E-state index contributed by atoms with van der Waals surface area (Å²) in [5.74, 6) is 0.321. The topological polar surface area (TPSA) is 66.9 Å². The molecule has 2 N–H and O–H groups in total. The normalized spacial score (nSPS) is 11.9. The summed E-state index contributed by atoms with van der Waals surface area (Å²) in [5.41, 5.74) is 3.21. The van der Waals surface area contributed by atoms with E-state index in [1.54, 1.807) is 0 Å². The van der Waals surface area contributed by atoms with E-state index in [0.29, 0.717) is 16.5 Å². The zero-order valence-electron chi connectivity index (χ0n) is 13.8. The Hall–Kier alpha value is -2.14. The molecular weight excluding hydrogens is 312 g/mol. The summed E-state index contributed by atoms with van der Waals surface area (Å²) < 4.78 is 0. The number of carbonyl (C=O) groups is 1. The number of benzene rings is 1. The maximum atomic E-state index is 12.0. The molecule has 1 aromatic heterocycles. The lowest BCUT2D eigenvalue weighted by Gasteiger charge is -2.13. The van der Waals surface area contributed by atoms with Gasteiger partial charge in [-0.25, -0.2) is 9.97 Å². The summed E-state index contributed by atoms with van der Waals surface area (Å²) in [7, 11) is 0. The van der Waals surface area contributed by atoms with Gasteiger partial charge in [-0.3, -0.25) is 4.79 Å². The molecule has 1 aromatic carbocycles. The Morgan fingerprint density at radius 2 is 2.00 bits per heavy atom. The zero-order chi connectivity index (χ0) is 17.0. The highest BCUT2D eigenvalue weighted by molar-refractivity contribution is 6.33. The van der Waals surface area contributed by atoms with Crippen molar-refractivity contribution in [2.75, 3.05) is 5.32 Å². The average Bonchev–Trinajstić information content (AvgIpc) is 2.51. The number of aryl methyl sites for hydroxylation is 2. The molecule has 0 saturated carbocycles. The van der Waals surface area contributed by atoms with Gasteiger partial charge in [0, 0.05) is 6.04 Å². The van der Waals surface area contributed by atoms with Crippen molar-refractivity contribution < 1.29 is 4.79 Å². The van der Waals surface area contributed by atoms with E-state index in [1.807, 2.05) is 39.8 Å². The molecule has 0 bridgehead atoms. The lowest BCUT2D eigenvalue weighted by molar-refractivity contribution is 0.0934. The van der Waals surface area contributed by atoms with Crippen LogP contribution in [0.25, 0.3) is 0 Å². The number of nitrogens with one attached hydrogen (secondary N) is 2. The van der Waals surface area contributed by atoms with E-state index in [9.17, 15) is 4.79 Å². The van der Waals surface area contributed by atoms with Crippen molar-refractivity contribution in [3.05, 3.63) is 46.4 Å². The third-order valence-electron chi connectivity index (χ3n) is 3.56. The second kappa shape index (κ2) is 7.42. The van der Waals surface area contributed by atoms with Crippen LogP contribution in [0.3, 0.4) is 0 Å². The zero-order valence-corrected chi connectivity index (χ0v) is 14.5. The van der Waals surface area contributed by atoms with Crippen LogP contribution in [0.5, 0.6) is 0 Å². The maximum Gasteiger partial charge on any atom is 0.271 e. The minimum absolute atomic E-state index is 0.108. The first-order chi connectivity index (χ1) is 10.9. The molecule has 0 aliphatic carbocycles. The lowest BCUT2D eigenvalue weighted by Crippen LogP contribution is -2.32. The van der Waals surface area contributed by atoms with Gasteiger partial charge in [0.1, 0.15) is 11.5 Å². The van der Waals surface area contributed by atoms with E-state index in [2.05, 4.69) is 20.6 Å². The van der Waals surface area contributed by atoms with Gasteiger partial charge in [-0.15, -0.1) is 0 Å². The molecule has 23 heavy (non-hydrogen) atoms. The van der Waals surface area contributed by atoms with Crippen LogP contribution < -0.4 is 10.6 Å². The highest BCUT2D eigenvalue weighted by atomic mass is 35.5. The predicted molar refractivity (Wildman–Crippen MR) is 93.5 cm³/mol. The number of carbonyl (C=O) groups excluding carboxylic acids is 1. The van der Waals surface area contributed by atoms with E-state index >= 15 is 0 Å². The Morgan fingerprint density at radius 3 is 2.57 bits per heavy atom. The minimum Gasteiger partial charge on any atom is -0.348 e. The molecule has 6 heteroatoms. The van der Waals surface area contributed by atoms with Gasteiger partial charge in [0.2, 0.25) is 0 Å². The molecule has 122 valence electrons. The van der Waals surface area contributed by atoms with Gasteiger partial charge in [0.05, 0.1) is 23.1 Å². The van der Waals surface area contributed by atoms with Gasteiger partial charge in [0.25, 0.3) is 5.91 Å². The fourth-order valence-corrected chi connectivity index (χ4v) is 2.48. The minimum atomic E-state index is -0.219. The van der Waals surface area contributed by atoms with Crippen molar-refractivity contribution in [3.63, 3.8) is 0 Å². The summed E-state index contributed by atoms with van der Waals surface area (Å²) in [4.78, 5) is 20.4. The van der Waals surface area contributed by atoms with Crippen LogP contribution in [0.15, 0.2) is 24.5 Å². The van der Waals surface area contributed by atoms with Gasteiger partial charge in [-0.1, -0.05) is 24.6 Å². The van der Waals surface area contributed by atoms with Gasteiger partial charge in [-0.05, 0) is 44.4 Å². The standard InChI is InChI=1S/C17H21ClN4O/c1-5-12(4)21-17(23)14-8-20-15(9-19-14)22-16-11(3)6-10(2)7-13(16)18/h6-9,12H,5H2,1-4H3,(H,20,22)(H,21,23). The van der Waals surface area contributed by atoms with Gasteiger partial charge in [0.15, 0.2) is 0 Å². The van der Waals surface area contributed by atoms with Crippen LogP contribution in [-0.2, 0) is 0 Å². The van der Waals surface area contributed by atoms with Crippen molar-refractivity contribution >= 4 is 29.0 Å². The summed E-state index contributed by atoms with van der Waals surface area (Å²) >= 11 is 6.26. The molecule has 1 atom stereocenters. The second-order valence-corrected chi connectivity index (χ2v) is 6.04. The second-order valence-electron chi connectivity index (χ2n) is 5.63. The predicted octanol–water partition coefficient (Wildman–Crippen LogP) is 4.02. The van der Waals surface area contributed by atoms with Crippen LogP contribution in [0.4, 0.5) is 11.5 Å². The molecule has 2 rings (SSSR count). The van der Waals surface area contributed by atoms with Gasteiger partial charge < -0.3 is 10.6 Å². The van der Waals surface area contributed by atoms with Crippen molar-refractivity contribution in [1.29, 1.82) is 0 Å². The Labute approximate surface area is 141 Å².